The Hall–Kier alpha value is -0.750. The fourth-order valence-corrected chi connectivity index (χ4v) is 2.80. The van der Waals surface area contributed by atoms with Gasteiger partial charge in [-0.05, 0) is 53.0 Å². The van der Waals surface area contributed by atoms with Gasteiger partial charge < -0.3 is 5.11 Å². The second-order valence-electron chi connectivity index (χ2n) is 4.90. The van der Waals surface area contributed by atoms with Gasteiger partial charge in [-0.2, -0.15) is 13.2 Å². The summed E-state index contributed by atoms with van der Waals surface area (Å²) < 4.78 is 38.7. The van der Waals surface area contributed by atoms with Crippen molar-refractivity contribution in [1.29, 1.82) is 0 Å². The summed E-state index contributed by atoms with van der Waals surface area (Å²) >= 11 is 3.21. The largest absolute Gasteiger partial charge is 0.507 e. The van der Waals surface area contributed by atoms with Crippen LogP contribution >= 0.6 is 15.9 Å². The molecule has 1 atom stereocenters. The molecule has 0 bridgehead atoms. The highest BCUT2D eigenvalue weighted by Crippen LogP contribution is 2.34. The topological polar surface area (TPSA) is 23.5 Å². The zero-order chi connectivity index (χ0) is 14.0. The minimum atomic E-state index is -4.10. The zero-order valence-electron chi connectivity index (χ0n) is 10.3. The summed E-state index contributed by atoms with van der Waals surface area (Å²) in [6.07, 6.45) is -3.31. The molecule has 19 heavy (non-hydrogen) atoms. The molecule has 1 unspecified atom stereocenters. The molecular formula is C13H15BrF3NO. The number of phenols is 1. The lowest BCUT2D eigenvalue weighted by Crippen LogP contribution is -2.41. The number of hydrogen-bond acceptors (Lipinski definition) is 2. The van der Waals surface area contributed by atoms with Crippen molar-refractivity contribution in [3.8, 4) is 5.75 Å². The van der Waals surface area contributed by atoms with Gasteiger partial charge in [-0.3, -0.25) is 4.90 Å². The van der Waals surface area contributed by atoms with E-state index in [2.05, 4.69) is 15.9 Å². The number of rotatable bonds is 2. The van der Waals surface area contributed by atoms with Crippen LogP contribution < -0.4 is 0 Å². The van der Waals surface area contributed by atoms with Gasteiger partial charge in [0.1, 0.15) is 5.75 Å². The standard InChI is InChI=1S/C13H15BrF3NO/c14-11-6-9(3-4-12(11)19)7-18-5-1-2-10(8-18)13(15,16)17/h3-4,6,10,19H,1-2,5,7-8H2. The number of nitrogens with zero attached hydrogens (tertiary/aromatic N) is 1. The number of phenolic OH excluding ortho intramolecular Hbond substituents is 1. The molecular weight excluding hydrogens is 323 g/mol. The predicted octanol–water partition coefficient (Wildman–Crippen LogP) is 3.93. The quantitative estimate of drug-likeness (QED) is 0.883. The van der Waals surface area contributed by atoms with Crippen molar-refractivity contribution in [2.24, 2.45) is 5.92 Å². The maximum atomic E-state index is 12.7. The highest BCUT2D eigenvalue weighted by atomic mass is 79.9. The summed E-state index contributed by atoms with van der Waals surface area (Å²) in [5.41, 5.74) is 0.896. The number of alkyl halides is 3. The van der Waals surface area contributed by atoms with E-state index in [4.69, 9.17) is 0 Å². The van der Waals surface area contributed by atoms with E-state index >= 15 is 0 Å². The van der Waals surface area contributed by atoms with Gasteiger partial charge in [0.25, 0.3) is 0 Å². The van der Waals surface area contributed by atoms with E-state index < -0.39 is 12.1 Å². The average Bonchev–Trinajstić information content (AvgIpc) is 2.33. The summed E-state index contributed by atoms with van der Waals surface area (Å²) in [5, 5.41) is 9.39. The first-order chi connectivity index (χ1) is 8.86. The molecule has 1 aromatic carbocycles. The van der Waals surface area contributed by atoms with Crippen molar-refractivity contribution in [2.75, 3.05) is 13.1 Å². The Kier molecular flexibility index (Phi) is 4.40. The minimum absolute atomic E-state index is 0.0575. The maximum absolute atomic E-state index is 12.7. The van der Waals surface area contributed by atoms with Crippen LogP contribution in [0.3, 0.4) is 0 Å². The highest BCUT2D eigenvalue weighted by Gasteiger charge is 2.41. The third-order valence-corrected chi connectivity index (χ3v) is 4.02. The van der Waals surface area contributed by atoms with Gasteiger partial charge in [0.2, 0.25) is 0 Å². The van der Waals surface area contributed by atoms with Gasteiger partial charge in [0, 0.05) is 13.1 Å². The molecule has 6 heteroatoms. The van der Waals surface area contributed by atoms with Crippen molar-refractivity contribution in [3.05, 3.63) is 28.2 Å². The third-order valence-electron chi connectivity index (χ3n) is 3.39. The van der Waals surface area contributed by atoms with Gasteiger partial charge in [-0.15, -0.1) is 0 Å². The Morgan fingerprint density at radius 3 is 2.74 bits per heavy atom. The van der Waals surface area contributed by atoms with E-state index in [1.807, 2.05) is 4.90 Å². The Balaban J connectivity index is 2.00. The fourth-order valence-electron chi connectivity index (χ4n) is 2.37. The van der Waals surface area contributed by atoms with Crippen LogP contribution in [0.5, 0.6) is 5.75 Å². The molecule has 106 valence electrons. The Morgan fingerprint density at radius 1 is 1.37 bits per heavy atom. The molecule has 0 amide bonds. The van der Waals surface area contributed by atoms with E-state index in [-0.39, 0.29) is 18.7 Å². The van der Waals surface area contributed by atoms with Crippen molar-refractivity contribution >= 4 is 15.9 Å². The zero-order valence-corrected chi connectivity index (χ0v) is 11.8. The molecule has 1 N–H and O–H groups in total. The van der Waals surface area contributed by atoms with Crippen molar-refractivity contribution in [1.82, 2.24) is 4.90 Å². The molecule has 1 heterocycles. The molecule has 0 spiro atoms. The number of piperidine rings is 1. The van der Waals surface area contributed by atoms with Gasteiger partial charge in [-0.1, -0.05) is 6.07 Å². The second-order valence-corrected chi connectivity index (χ2v) is 5.76. The summed E-state index contributed by atoms with van der Waals surface area (Å²) in [6.45, 7) is 1.22. The molecule has 1 aromatic rings. The van der Waals surface area contributed by atoms with Crippen LogP contribution in [0.1, 0.15) is 18.4 Å². The van der Waals surface area contributed by atoms with E-state index in [0.29, 0.717) is 24.0 Å². The molecule has 2 nitrogen and oxygen atoms in total. The van der Waals surface area contributed by atoms with Crippen molar-refractivity contribution in [2.45, 2.75) is 25.6 Å². The van der Waals surface area contributed by atoms with Crippen LogP contribution in [-0.4, -0.2) is 29.3 Å². The molecule has 0 saturated carbocycles. The molecule has 1 aliphatic heterocycles. The maximum Gasteiger partial charge on any atom is 0.393 e. The van der Waals surface area contributed by atoms with Crippen LogP contribution in [0, 0.1) is 5.92 Å². The minimum Gasteiger partial charge on any atom is -0.507 e. The highest BCUT2D eigenvalue weighted by molar-refractivity contribution is 9.10. The van der Waals surface area contributed by atoms with Crippen molar-refractivity contribution < 1.29 is 18.3 Å². The molecule has 1 saturated heterocycles. The molecule has 1 fully saturated rings. The predicted molar refractivity (Wildman–Crippen MR) is 69.9 cm³/mol. The summed E-state index contributed by atoms with van der Waals surface area (Å²) in [7, 11) is 0. The first-order valence-corrected chi connectivity index (χ1v) is 6.92. The summed E-state index contributed by atoms with van der Waals surface area (Å²) in [5.74, 6) is -1.09. The lowest BCUT2D eigenvalue weighted by atomic mass is 9.97. The number of benzene rings is 1. The molecule has 0 radical (unpaired) electrons. The van der Waals surface area contributed by atoms with E-state index in [9.17, 15) is 18.3 Å². The first-order valence-electron chi connectivity index (χ1n) is 6.12. The van der Waals surface area contributed by atoms with Crippen LogP contribution in [0.2, 0.25) is 0 Å². The van der Waals surface area contributed by atoms with E-state index in [0.717, 1.165) is 5.56 Å². The van der Waals surface area contributed by atoms with Gasteiger partial charge >= 0.3 is 6.18 Å². The number of halogens is 4. The van der Waals surface area contributed by atoms with E-state index in [1.165, 1.54) is 0 Å². The van der Waals surface area contributed by atoms with Gasteiger partial charge in [0.15, 0.2) is 0 Å². The molecule has 0 aromatic heterocycles. The Morgan fingerprint density at radius 2 is 2.11 bits per heavy atom. The molecule has 2 rings (SSSR count). The number of hydrogen-bond donors (Lipinski definition) is 1. The normalized spacial score (nSPS) is 21.6. The Bertz CT molecular complexity index is 450. The van der Waals surface area contributed by atoms with Crippen LogP contribution in [0.15, 0.2) is 22.7 Å². The molecule has 1 aliphatic rings. The number of aromatic hydroxyl groups is 1. The average molecular weight is 338 g/mol. The van der Waals surface area contributed by atoms with Crippen LogP contribution in [0.25, 0.3) is 0 Å². The SMILES string of the molecule is Oc1ccc(CN2CCCC(C(F)(F)F)C2)cc1Br. The monoisotopic (exact) mass is 337 g/mol. The third kappa shape index (κ3) is 3.86. The number of likely N-dealkylation sites (tertiary alicyclic amines) is 1. The van der Waals surface area contributed by atoms with Crippen LogP contribution in [0.4, 0.5) is 13.2 Å². The van der Waals surface area contributed by atoms with Crippen molar-refractivity contribution in [3.63, 3.8) is 0 Å². The smallest absolute Gasteiger partial charge is 0.393 e. The van der Waals surface area contributed by atoms with Crippen LogP contribution in [-0.2, 0) is 6.54 Å². The summed E-state index contributed by atoms with van der Waals surface area (Å²) in [4.78, 5) is 1.82. The fraction of sp³-hybridized carbons (Fsp3) is 0.538. The Labute approximate surface area is 118 Å². The summed E-state index contributed by atoms with van der Waals surface area (Å²) in [6, 6.07) is 5.02. The van der Waals surface area contributed by atoms with E-state index in [1.54, 1.807) is 18.2 Å². The lowest BCUT2D eigenvalue weighted by molar-refractivity contribution is -0.187. The lowest BCUT2D eigenvalue weighted by Gasteiger charge is -2.33. The van der Waals surface area contributed by atoms with Gasteiger partial charge in [0.05, 0.1) is 10.4 Å². The molecule has 0 aliphatic carbocycles. The second kappa shape index (κ2) is 5.71. The van der Waals surface area contributed by atoms with Gasteiger partial charge in [-0.25, -0.2) is 0 Å². The first kappa shape index (κ1) is 14.7.